The van der Waals surface area contributed by atoms with Crippen LogP contribution in [0.3, 0.4) is 0 Å². The average Bonchev–Trinajstić information content (AvgIpc) is 2.55. The zero-order valence-corrected chi connectivity index (χ0v) is 14.4. The lowest BCUT2D eigenvalue weighted by molar-refractivity contribution is 0.601. The van der Waals surface area contributed by atoms with Crippen LogP contribution in [0, 0.1) is 0 Å². The Morgan fingerprint density at radius 1 is 0.958 bits per heavy atom. The van der Waals surface area contributed by atoms with Gasteiger partial charge in [0.05, 0.1) is 15.8 Å². The summed E-state index contributed by atoms with van der Waals surface area (Å²) in [6.07, 6.45) is 2.42. The molecule has 0 amide bonds. The molecule has 0 N–H and O–H groups in total. The predicted octanol–water partition coefficient (Wildman–Crippen LogP) is 4.54. The van der Waals surface area contributed by atoms with E-state index in [4.69, 9.17) is 27.6 Å². The zero-order valence-electron chi connectivity index (χ0n) is 12.1. The SMILES string of the molecule is O=c1c(/C=C/S(=O)(=O)c2ccc(Cl)cc2)coc2ccc(Cl)cc12. The number of benzene rings is 2. The molecule has 0 unspecified atom stereocenters. The first-order chi connectivity index (χ1) is 11.4. The van der Waals surface area contributed by atoms with E-state index in [1.54, 1.807) is 12.1 Å². The molecule has 4 nitrogen and oxygen atoms in total. The van der Waals surface area contributed by atoms with E-state index in [0.29, 0.717) is 15.6 Å². The van der Waals surface area contributed by atoms with Gasteiger partial charge in [0.25, 0.3) is 0 Å². The molecule has 1 heterocycles. The van der Waals surface area contributed by atoms with Gasteiger partial charge >= 0.3 is 0 Å². The van der Waals surface area contributed by atoms with Crippen LogP contribution in [-0.2, 0) is 9.84 Å². The van der Waals surface area contributed by atoms with E-state index in [0.717, 1.165) is 5.41 Å². The number of hydrogen-bond donors (Lipinski definition) is 0. The van der Waals surface area contributed by atoms with Gasteiger partial charge in [0, 0.05) is 15.5 Å². The molecule has 0 spiro atoms. The van der Waals surface area contributed by atoms with Crippen molar-refractivity contribution in [2.75, 3.05) is 0 Å². The Bertz CT molecular complexity index is 1100. The van der Waals surface area contributed by atoms with Gasteiger partial charge in [-0.2, -0.15) is 0 Å². The third-order valence-corrected chi connectivity index (χ3v) is 5.24. The molecular formula is C17H10Cl2O4S. The van der Waals surface area contributed by atoms with E-state index in [2.05, 4.69) is 0 Å². The molecular weight excluding hydrogens is 371 g/mol. The van der Waals surface area contributed by atoms with E-state index in [1.807, 2.05) is 0 Å². The van der Waals surface area contributed by atoms with Crippen LogP contribution in [0.5, 0.6) is 0 Å². The Morgan fingerprint density at radius 2 is 1.62 bits per heavy atom. The highest BCUT2D eigenvalue weighted by molar-refractivity contribution is 7.94. The van der Waals surface area contributed by atoms with Crippen LogP contribution >= 0.6 is 23.2 Å². The van der Waals surface area contributed by atoms with Gasteiger partial charge in [-0.1, -0.05) is 23.2 Å². The molecule has 1 aromatic heterocycles. The summed E-state index contributed by atoms with van der Waals surface area (Å²) in [5.74, 6) is 0. The molecule has 0 saturated heterocycles. The molecule has 0 radical (unpaired) electrons. The molecule has 0 aliphatic rings. The first-order valence-corrected chi connectivity index (χ1v) is 9.07. The van der Waals surface area contributed by atoms with Crippen molar-refractivity contribution in [3.63, 3.8) is 0 Å². The molecule has 0 saturated carbocycles. The van der Waals surface area contributed by atoms with Gasteiger partial charge in [-0.15, -0.1) is 0 Å². The first kappa shape index (κ1) is 16.8. The maximum Gasteiger partial charge on any atom is 0.199 e. The molecule has 0 aliphatic carbocycles. The Kier molecular flexibility index (Phi) is 4.49. The maximum atomic E-state index is 12.4. The van der Waals surface area contributed by atoms with Gasteiger partial charge in [-0.05, 0) is 48.5 Å². The van der Waals surface area contributed by atoms with E-state index < -0.39 is 9.84 Å². The topological polar surface area (TPSA) is 64.3 Å². The third-order valence-electron chi connectivity index (χ3n) is 3.33. The monoisotopic (exact) mass is 380 g/mol. The summed E-state index contributed by atoms with van der Waals surface area (Å²) in [5.41, 5.74) is 0.130. The Hall–Kier alpha value is -2.08. The van der Waals surface area contributed by atoms with Crippen LogP contribution < -0.4 is 5.43 Å². The van der Waals surface area contributed by atoms with Crippen LogP contribution in [0.2, 0.25) is 10.0 Å². The summed E-state index contributed by atoms with van der Waals surface area (Å²) >= 11 is 11.6. The molecule has 0 bridgehead atoms. The minimum Gasteiger partial charge on any atom is -0.463 e. The molecule has 0 aliphatic heterocycles. The summed E-state index contributed by atoms with van der Waals surface area (Å²) in [4.78, 5) is 12.5. The molecule has 0 fully saturated rings. The van der Waals surface area contributed by atoms with Crippen LogP contribution in [0.15, 0.2) is 68.2 Å². The molecule has 3 aromatic rings. The smallest absolute Gasteiger partial charge is 0.199 e. The lowest BCUT2D eigenvalue weighted by Crippen LogP contribution is -2.05. The highest BCUT2D eigenvalue weighted by Gasteiger charge is 2.11. The van der Waals surface area contributed by atoms with Gasteiger partial charge < -0.3 is 4.42 Å². The van der Waals surface area contributed by atoms with Crippen molar-refractivity contribution in [3.05, 3.63) is 80.0 Å². The van der Waals surface area contributed by atoms with Crippen molar-refractivity contribution in [3.8, 4) is 0 Å². The molecule has 7 heteroatoms. The molecule has 2 aromatic carbocycles. The minimum absolute atomic E-state index is 0.0800. The first-order valence-electron chi connectivity index (χ1n) is 6.77. The number of sulfone groups is 1. The Labute approximate surface area is 147 Å². The summed E-state index contributed by atoms with van der Waals surface area (Å²) in [6.45, 7) is 0. The van der Waals surface area contributed by atoms with Crippen molar-refractivity contribution in [1.29, 1.82) is 0 Å². The number of halogens is 2. The third kappa shape index (κ3) is 3.38. The zero-order chi connectivity index (χ0) is 17.3. The summed E-state index contributed by atoms with van der Waals surface area (Å²) < 4.78 is 29.9. The van der Waals surface area contributed by atoms with E-state index in [9.17, 15) is 13.2 Å². The summed E-state index contributed by atoms with van der Waals surface area (Å²) in [6, 6.07) is 10.4. The minimum atomic E-state index is -3.70. The average molecular weight is 381 g/mol. The summed E-state index contributed by atoms with van der Waals surface area (Å²) in [5, 5.41) is 2.07. The number of fused-ring (bicyclic) bond motifs is 1. The van der Waals surface area contributed by atoms with Gasteiger partial charge in [-0.3, -0.25) is 4.79 Å². The maximum absolute atomic E-state index is 12.4. The normalized spacial score (nSPS) is 12.1. The number of rotatable bonds is 3. The molecule has 0 atom stereocenters. The van der Waals surface area contributed by atoms with Crippen molar-refractivity contribution in [2.24, 2.45) is 0 Å². The quantitative estimate of drug-likeness (QED) is 0.668. The second kappa shape index (κ2) is 6.43. The Balaban J connectivity index is 2.03. The highest BCUT2D eigenvalue weighted by Crippen LogP contribution is 2.19. The van der Waals surface area contributed by atoms with Crippen molar-refractivity contribution >= 4 is 50.1 Å². The van der Waals surface area contributed by atoms with Gasteiger partial charge in [0.15, 0.2) is 15.3 Å². The van der Waals surface area contributed by atoms with Gasteiger partial charge in [0.2, 0.25) is 0 Å². The van der Waals surface area contributed by atoms with Crippen molar-refractivity contribution in [2.45, 2.75) is 4.90 Å². The van der Waals surface area contributed by atoms with Crippen molar-refractivity contribution in [1.82, 2.24) is 0 Å². The second-order valence-corrected chi connectivity index (χ2v) is 7.67. The predicted molar refractivity (Wildman–Crippen MR) is 95.2 cm³/mol. The highest BCUT2D eigenvalue weighted by atomic mass is 35.5. The van der Waals surface area contributed by atoms with E-state index in [1.165, 1.54) is 42.7 Å². The molecule has 122 valence electrons. The molecule has 3 rings (SSSR count). The fraction of sp³-hybridized carbons (Fsp3) is 0. The van der Waals surface area contributed by atoms with Gasteiger partial charge in [-0.25, -0.2) is 8.42 Å². The van der Waals surface area contributed by atoms with Crippen LogP contribution in [0.1, 0.15) is 5.56 Å². The fourth-order valence-corrected chi connectivity index (χ4v) is 3.40. The standard InChI is InChI=1S/C17H10Cl2O4S/c18-12-1-4-14(5-2-12)24(21,22)8-7-11-10-23-16-6-3-13(19)9-15(16)17(11)20/h1-10H/b8-7+. The fourth-order valence-electron chi connectivity index (χ4n) is 2.10. The molecule has 24 heavy (non-hydrogen) atoms. The lowest BCUT2D eigenvalue weighted by Gasteiger charge is -2.00. The summed E-state index contributed by atoms with van der Waals surface area (Å²) in [7, 11) is -3.70. The van der Waals surface area contributed by atoms with Crippen LogP contribution in [-0.4, -0.2) is 8.42 Å². The van der Waals surface area contributed by atoms with Crippen LogP contribution in [0.25, 0.3) is 17.0 Å². The second-order valence-electron chi connectivity index (χ2n) is 4.96. The van der Waals surface area contributed by atoms with Gasteiger partial charge in [0.1, 0.15) is 11.8 Å². The largest absolute Gasteiger partial charge is 0.463 e. The van der Waals surface area contributed by atoms with Crippen molar-refractivity contribution < 1.29 is 12.8 Å². The van der Waals surface area contributed by atoms with E-state index in [-0.39, 0.29) is 21.3 Å². The number of hydrogen-bond acceptors (Lipinski definition) is 4. The van der Waals surface area contributed by atoms with E-state index >= 15 is 0 Å². The Morgan fingerprint density at radius 3 is 2.33 bits per heavy atom. The van der Waals surface area contributed by atoms with Crippen LogP contribution in [0.4, 0.5) is 0 Å². The lowest BCUT2D eigenvalue weighted by atomic mass is 10.2.